The summed E-state index contributed by atoms with van der Waals surface area (Å²) >= 11 is 0. The monoisotopic (exact) mass is 339 g/mol. The first kappa shape index (κ1) is 17.3. The van der Waals surface area contributed by atoms with Gasteiger partial charge in [0.1, 0.15) is 6.33 Å². The summed E-state index contributed by atoms with van der Waals surface area (Å²) in [5.41, 5.74) is 4.50. The normalized spacial score (nSPS) is 13.8. The maximum atomic E-state index is 4.54. The summed E-state index contributed by atoms with van der Waals surface area (Å²) in [4.78, 5) is 0. The minimum Gasteiger partial charge on any atom is -0.310 e. The molecule has 2 atom stereocenters. The van der Waals surface area contributed by atoms with Crippen molar-refractivity contribution in [2.45, 2.75) is 40.3 Å². The number of hydrogen-bond donors (Lipinski definition) is 1. The van der Waals surface area contributed by atoms with E-state index in [4.69, 9.17) is 0 Å². The highest BCUT2D eigenvalue weighted by Crippen LogP contribution is 2.15. The van der Waals surface area contributed by atoms with Gasteiger partial charge < -0.3 is 5.32 Å². The second-order valence-electron chi connectivity index (χ2n) is 6.69. The zero-order valence-corrected chi connectivity index (χ0v) is 15.2. The Morgan fingerprint density at radius 2 is 1.88 bits per heavy atom. The summed E-state index contributed by atoms with van der Waals surface area (Å²) < 4.78 is 3.74. The van der Waals surface area contributed by atoms with Crippen LogP contribution in [0.2, 0.25) is 0 Å². The molecule has 25 heavy (non-hydrogen) atoms. The molecule has 0 aliphatic heterocycles. The van der Waals surface area contributed by atoms with Crippen molar-refractivity contribution in [3.63, 3.8) is 0 Å². The Balaban J connectivity index is 1.53. The molecule has 132 valence electrons. The predicted octanol–water partition coefficient (Wildman–Crippen LogP) is 2.46. The van der Waals surface area contributed by atoms with Crippen molar-refractivity contribution in [1.29, 1.82) is 0 Å². The van der Waals surface area contributed by atoms with Crippen LogP contribution in [-0.4, -0.2) is 36.5 Å². The Bertz CT molecular complexity index is 789. The van der Waals surface area contributed by atoms with Gasteiger partial charge in [-0.25, -0.2) is 4.68 Å². The third-order valence-corrected chi connectivity index (χ3v) is 4.37. The number of nitrogens with one attached hydrogen (secondary N) is 1. The van der Waals surface area contributed by atoms with E-state index in [9.17, 15) is 0 Å². The van der Waals surface area contributed by atoms with Crippen LogP contribution in [0.1, 0.15) is 36.8 Å². The SMILES string of the molecule is Cc1cc(C)n(C[C@@H](C)CN[C@@H](C)c2ccc(-n3cnnn3)cc2)n1. The maximum Gasteiger partial charge on any atom is 0.143 e. The van der Waals surface area contributed by atoms with Crippen LogP contribution in [0, 0.1) is 19.8 Å². The molecule has 2 aromatic heterocycles. The summed E-state index contributed by atoms with van der Waals surface area (Å²) in [7, 11) is 0. The van der Waals surface area contributed by atoms with E-state index < -0.39 is 0 Å². The summed E-state index contributed by atoms with van der Waals surface area (Å²) in [6.07, 6.45) is 1.59. The molecule has 0 aliphatic carbocycles. The van der Waals surface area contributed by atoms with Crippen LogP contribution >= 0.6 is 0 Å². The highest BCUT2D eigenvalue weighted by Gasteiger charge is 2.10. The molecule has 0 saturated carbocycles. The minimum absolute atomic E-state index is 0.283. The summed E-state index contributed by atoms with van der Waals surface area (Å²) in [6, 6.07) is 10.7. The number of nitrogens with zero attached hydrogens (tertiary/aromatic N) is 6. The summed E-state index contributed by atoms with van der Waals surface area (Å²) in [5.74, 6) is 0.501. The molecule has 0 saturated heterocycles. The van der Waals surface area contributed by atoms with Gasteiger partial charge in [0.25, 0.3) is 0 Å². The van der Waals surface area contributed by atoms with E-state index in [1.54, 1.807) is 11.0 Å². The molecule has 2 heterocycles. The topological polar surface area (TPSA) is 73.5 Å². The van der Waals surface area contributed by atoms with Crippen LogP contribution in [0.4, 0.5) is 0 Å². The molecule has 0 radical (unpaired) electrons. The molecular weight excluding hydrogens is 314 g/mol. The molecule has 0 amide bonds. The number of benzene rings is 1. The number of rotatable bonds is 7. The molecule has 0 bridgehead atoms. The van der Waals surface area contributed by atoms with Gasteiger partial charge >= 0.3 is 0 Å². The molecule has 0 spiro atoms. The Hall–Kier alpha value is -2.54. The van der Waals surface area contributed by atoms with Gasteiger partial charge in [0.05, 0.1) is 11.4 Å². The van der Waals surface area contributed by atoms with Crippen molar-refractivity contribution >= 4 is 0 Å². The zero-order valence-electron chi connectivity index (χ0n) is 15.2. The lowest BCUT2D eigenvalue weighted by Gasteiger charge is -2.19. The standard InChI is InChI=1S/C18H25N7/c1-13(11-24-15(3)9-14(2)21-24)10-19-16(4)17-5-7-18(8-6-17)25-12-20-22-23-25/h5-9,12-13,16,19H,10-11H2,1-4H3/t13-,16-/m0/s1. The Morgan fingerprint density at radius 3 is 2.48 bits per heavy atom. The van der Waals surface area contributed by atoms with E-state index in [2.05, 4.69) is 69.6 Å². The predicted molar refractivity (Wildman–Crippen MR) is 96.4 cm³/mol. The van der Waals surface area contributed by atoms with Crippen LogP contribution in [-0.2, 0) is 6.54 Å². The average molecular weight is 339 g/mol. The minimum atomic E-state index is 0.283. The van der Waals surface area contributed by atoms with E-state index in [1.807, 2.05) is 19.1 Å². The quantitative estimate of drug-likeness (QED) is 0.716. The van der Waals surface area contributed by atoms with Crippen LogP contribution in [0.5, 0.6) is 0 Å². The molecule has 7 heteroatoms. The number of aryl methyl sites for hydroxylation is 2. The van der Waals surface area contributed by atoms with Gasteiger partial charge in [0, 0.05) is 24.8 Å². The molecule has 7 nitrogen and oxygen atoms in total. The van der Waals surface area contributed by atoms with Gasteiger partial charge in [-0.05, 0) is 60.9 Å². The largest absolute Gasteiger partial charge is 0.310 e. The number of tetrazole rings is 1. The van der Waals surface area contributed by atoms with Gasteiger partial charge in [0.2, 0.25) is 0 Å². The average Bonchev–Trinajstić information content (AvgIpc) is 3.23. The van der Waals surface area contributed by atoms with E-state index in [0.717, 1.165) is 24.5 Å². The first-order valence-corrected chi connectivity index (χ1v) is 8.60. The third-order valence-electron chi connectivity index (χ3n) is 4.37. The highest BCUT2D eigenvalue weighted by atomic mass is 15.5. The van der Waals surface area contributed by atoms with Gasteiger partial charge in [-0.1, -0.05) is 19.1 Å². The second kappa shape index (κ2) is 7.57. The second-order valence-corrected chi connectivity index (χ2v) is 6.69. The summed E-state index contributed by atoms with van der Waals surface area (Å²) in [6.45, 7) is 10.4. The lowest BCUT2D eigenvalue weighted by atomic mass is 10.1. The fraction of sp³-hybridized carbons (Fsp3) is 0.444. The van der Waals surface area contributed by atoms with Crippen molar-refractivity contribution in [1.82, 2.24) is 35.3 Å². The van der Waals surface area contributed by atoms with E-state index in [0.29, 0.717) is 5.92 Å². The van der Waals surface area contributed by atoms with Crippen LogP contribution in [0.25, 0.3) is 5.69 Å². The van der Waals surface area contributed by atoms with Crippen molar-refractivity contribution in [3.8, 4) is 5.69 Å². The van der Waals surface area contributed by atoms with Gasteiger partial charge in [-0.2, -0.15) is 5.10 Å². The molecule has 3 aromatic rings. The van der Waals surface area contributed by atoms with Crippen molar-refractivity contribution in [3.05, 3.63) is 53.6 Å². The summed E-state index contributed by atoms with van der Waals surface area (Å²) in [5, 5.41) is 19.4. The van der Waals surface area contributed by atoms with Crippen LogP contribution in [0.3, 0.4) is 0 Å². The lowest BCUT2D eigenvalue weighted by Crippen LogP contribution is -2.27. The maximum absolute atomic E-state index is 4.54. The van der Waals surface area contributed by atoms with Gasteiger partial charge in [0.15, 0.2) is 0 Å². The molecule has 1 N–H and O–H groups in total. The Kier molecular flexibility index (Phi) is 5.23. The first-order valence-electron chi connectivity index (χ1n) is 8.60. The molecular formula is C18H25N7. The molecule has 1 aromatic carbocycles. The van der Waals surface area contributed by atoms with Gasteiger partial charge in [-0.3, -0.25) is 4.68 Å². The van der Waals surface area contributed by atoms with Crippen molar-refractivity contribution in [2.75, 3.05) is 6.54 Å². The van der Waals surface area contributed by atoms with E-state index >= 15 is 0 Å². The molecule has 0 fully saturated rings. The lowest BCUT2D eigenvalue weighted by molar-refractivity contribution is 0.398. The Labute approximate surface area is 148 Å². The number of aromatic nitrogens is 6. The van der Waals surface area contributed by atoms with E-state index in [-0.39, 0.29) is 6.04 Å². The van der Waals surface area contributed by atoms with Crippen molar-refractivity contribution < 1.29 is 0 Å². The van der Waals surface area contributed by atoms with Crippen molar-refractivity contribution in [2.24, 2.45) is 5.92 Å². The van der Waals surface area contributed by atoms with Crippen LogP contribution in [0.15, 0.2) is 36.7 Å². The number of hydrogen-bond acceptors (Lipinski definition) is 5. The molecule has 0 unspecified atom stereocenters. The molecule has 0 aliphatic rings. The third kappa shape index (κ3) is 4.30. The smallest absolute Gasteiger partial charge is 0.143 e. The van der Waals surface area contributed by atoms with Crippen LogP contribution < -0.4 is 5.32 Å². The fourth-order valence-corrected chi connectivity index (χ4v) is 2.91. The van der Waals surface area contributed by atoms with Gasteiger partial charge in [-0.15, -0.1) is 5.10 Å². The molecule has 3 rings (SSSR count). The fourth-order valence-electron chi connectivity index (χ4n) is 2.91. The first-order chi connectivity index (χ1) is 12.0. The Morgan fingerprint density at radius 1 is 1.12 bits per heavy atom. The zero-order chi connectivity index (χ0) is 17.8. The van der Waals surface area contributed by atoms with E-state index in [1.165, 1.54) is 11.3 Å². The highest BCUT2D eigenvalue weighted by molar-refractivity contribution is 5.34.